The van der Waals surface area contributed by atoms with Crippen molar-refractivity contribution in [2.45, 2.75) is 51.2 Å². The lowest BCUT2D eigenvalue weighted by Crippen LogP contribution is -2.40. The molecule has 2 rings (SSSR count). The van der Waals surface area contributed by atoms with Crippen LogP contribution in [-0.2, 0) is 4.74 Å². The van der Waals surface area contributed by atoms with Gasteiger partial charge < -0.3 is 14.8 Å². The van der Waals surface area contributed by atoms with Gasteiger partial charge in [0, 0.05) is 30.8 Å². The van der Waals surface area contributed by atoms with Gasteiger partial charge in [0.15, 0.2) is 0 Å². The van der Waals surface area contributed by atoms with Crippen LogP contribution >= 0.6 is 0 Å². The van der Waals surface area contributed by atoms with Crippen LogP contribution < -0.4 is 10.1 Å². The molecule has 114 valence electrons. The van der Waals surface area contributed by atoms with Crippen LogP contribution in [0.1, 0.15) is 39.5 Å². The zero-order chi connectivity index (χ0) is 15.1. The van der Waals surface area contributed by atoms with E-state index in [4.69, 9.17) is 14.7 Å². The zero-order valence-corrected chi connectivity index (χ0v) is 12.9. The van der Waals surface area contributed by atoms with Crippen molar-refractivity contribution in [1.29, 1.82) is 5.26 Å². The van der Waals surface area contributed by atoms with Gasteiger partial charge in [-0.3, -0.25) is 0 Å². The first-order chi connectivity index (χ1) is 10.1. The van der Waals surface area contributed by atoms with Gasteiger partial charge in [0.05, 0.1) is 18.3 Å². The first-order valence-electron chi connectivity index (χ1n) is 7.59. The van der Waals surface area contributed by atoms with Gasteiger partial charge >= 0.3 is 0 Å². The Morgan fingerprint density at radius 3 is 3.10 bits per heavy atom. The van der Waals surface area contributed by atoms with E-state index in [1.54, 1.807) is 0 Å². The lowest BCUT2D eigenvalue weighted by molar-refractivity contribution is -0.0553. The second kappa shape index (κ2) is 7.33. The fourth-order valence-electron chi connectivity index (χ4n) is 2.61. The molecule has 1 atom stereocenters. The van der Waals surface area contributed by atoms with Crippen LogP contribution in [0.4, 0.5) is 5.69 Å². The number of ether oxygens (including phenoxy) is 2. The Morgan fingerprint density at radius 1 is 1.48 bits per heavy atom. The number of unbranched alkanes of at least 4 members (excludes halogenated alkanes) is 1. The van der Waals surface area contributed by atoms with Crippen LogP contribution in [-0.4, -0.2) is 24.9 Å². The quantitative estimate of drug-likeness (QED) is 0.810. The number of nitrogens with zero attached hydrogens (tertiary/aromatic N) is 1. The normalized spacial score (nSPS) is 20.5. The molecule has 21 heavy (non-hydrogen) atoms. The second-order valence-electron chi connectivity index (χ2n) is 6.08. The van der Waals surface area contributed by atoms with E-state index in [-0.39, 0.29) is 5.60 Å². The Labute approximate surface area is 127 Å². The summed E-state index contributed by atoms with van der Waals surface area (Å²) in [5, 5.41) is 12.1. The molecule has 1 heterocycles. The molecule has 1 aromatic carbocycles. The molecule has 0 saturated carbocycles. The lowest BCUT2D eigenvalue weighted by Gasteiger charge is -2.36. The summed E-state index contributed by atoms with van der Waals surface area (Å²) < 4.78 is 11.4. The smallest absolute Gasteiger partial charge is 0.121 e. The molecule has 0 aliphatic carbocycles. The number of anilines is 1. The SMILES string of the molecule is CC1(C)CC(Nc2cccc(OCCCC#N)c2)CCO1. The van der Waals surface area contributed by atoms with E-state index in [2.05, 4.69) is 31.3 Å². The molecule has 4 nitrogen and oxygen atoms in total. The number of hydrogen-bond donors (Lipinski definition) is 1. The lowest BCUT2D eigenvalue weighted by atomic mass is 9.94. The van der Waals surface area contributed by atoms with Gasteiger partial charge in [-0.15, -0.1) is 0 Å². The minimum atomic E-state index is -0.0542. The zero-order valence-electron chi connectivity index (χ0n) is 12.9. The Hall–Kier alpha value is -1.73. The van der Waals surface area contributed by atoms with E-state index in [0.717, 1.165) is 37.3 Å². The molecule has 1 aromatic rings. The summed E-state index contributed by atoms with van der Waals surface area (Å²) in [5.74, 6) is 0.851. The number of hydrogen-bond acceptors (Lipinski definition) is 4. The van der Waals surface area contributed by atoms with Crippen LogP contribution in [0.25, 0.3) is 0 Å². The highest BCUT2D eigenvalue weighted by molar-refractivity contribution is 5.49. The average molecular weight is 288 g/mol. The Kier molecular flexibility index (Phi) is 5.46. The monoisotopic (exact) mass is 288 g/mol. The Morgan fingerprint density at radius 2 is 2.33 bits per heavy atom. The topological polar surface area (TPSA) is 54.3 Å². The third-order valence-corrected chi connectivity index (χ3v) is 3.60. The fraction of sp³-hybridized carbons (Fsp3) is 0.588. The number of benzene rings is 1. The maximum atomic E-state index is 8.51. The fourth-order valence-corrected chi connectivity index (χ4v) is 2.61. The molecule has 0 radical (unpaired) electrons. The minimum absolute atomic E-state index is 0.0542. The Bertz CT molecular complexity index is 494. The summed E-state index contributed by atoms with van der Waals surface area (Å²) in [6.45, 7) is 5.65. The standard InChI is InChI=1S/C17H24N2O2/c1-17(2)13-15(8-11-21-17)19-14-6-5-7-16(12-14)20-10-4-3-9-18/h5-7,12,15,19H,3-4,8,10-11,13H2,1-2H3. The minimum Gasteiger partial charge on any atom is -0.493 e. The van der Waals surface area contributed by atoms with Crippen LogP contribution in [0.3, 0.4) is 0 Å². The highest BCUT2D eigenvalue weighted by Crippen LogP contribution is 2.27. The van der Waals surface area contributed by atoms with E-state index in [9.17, 15) is 0 Å². The van der Waals surface area contributed by atoms with E-state index < -0.39 is 0 Å². The number of nitrogens with one attached hydrogen (secondary N) is 1. The molecular formula is C17H24N2O2. The van der Waals surface area contributed by atoms with Gasteiger partial charge in [-0.1, -0.05) is 6.07 Å². The molecule has 1 aliphatic rings. The van der Waals surface area contributed by atoms with E-state index >= 15 is 0 Å². The third kappa shape index (κ3) is 5.28. The van der Waals surface area contributed by atoms with Gasteiger partial charge in [-0.2, -0.15) is 5.26 Å². The van der Waals surface area contributed by atoms with Crippen LogP contribution in [0.15, 0.2) is 24.3 Å². The summed E-state index contributed by atoms with van der Waals surface area (Å²) in [6, 6.07) is 10.6. The molecule has 0 aromatic heterocycles. The molecule has 0 amide bonds. The van der Waals surface area contributed by atoms with Crippen molar-refractivity contribution < 1.29 is 9.47 Å². The van der Waals surface area contributed by atoms with Crippen molar-refractivity contribution >= 4 is 5.69 Å². The number of rotatable bonds is 6. The predicted octanol–water partition coefficient (Wildman–Crippen LogP) is 3.74. The molecule has 0 spiro atoms. The second-order valence-corrected chi connectivity index (χ2v) is 6.08. The van der Waals surface area contributed by atoms with E-state index in [0.29, 0.717) is 19.1 Å². The highest BCUT2D eigenvalue weighted by atomic mass is 16.5. The molecule has 1 N–H and O–H groups in total. The molecule has 1 unspecified atom stereocenters. The Balaban J connectivity index is 1.87. The van der Waals surface area contributed by atoms with Crippen molar-refractivity contribution in [2.75, 3.05) is 18.5 Å². The maximum Gasteiger partial charge on any atom is 0.121 e. The summed E-state index contributed by atoms with van der Waals surface area (Å²) in [5.41, 5.74) is 1.02. The van der Waals surface area contributed by atoms with Gasteiger partial charge in [0.25, 0.3) is 0 Å². The van der Waals surface area contributed by atoms with Gasteiger partial charge in [0.1, 0.15) is 5.75 Å². The summed E-state index contributed by atoms with van der Waals surface area (Å²) in [6.07, 6.45) is 3.33. The maximum absolute atomic E-state index is 8.51. The van der Waals surface area contributed by atoms with Crippen LogP contribution in [0.2, 0.25) is 0 Å². The van der Waals surface area contributed by atoms with Crippen molar-refractivity contribution in [2.24, 2.45) is 0 Å². The predicted molar refractivity (Wildman–Crippen MR) is 83.5 cm³/mol. The van der Waals surface area contributed by atoms with Crippen molar-refractivity contribution in [3.05, 3.63) is 24.3 Å². The van der Waals surface area contributed by atoms with Gasteiger partial charge in [-0.25, -0.2) is 0 Å². The molecule has 0 bridgehead atoms. The average Bonchev–Trinajstić information content (AvgIpc) is 2.43. The molecule has 1 fully saturated rings. The highest BCUT2D eigenvalue weighted by Gasteiger charge is 2.28. The van der Waals surface area contributed by atoms with Crippen molar-refractivity contribution in [3.63, 3.8) is 0 Å². The van der Waals surface area contributed by atoms with E-state index in [1.165, 1.54) is 0 Å². The van der Waals surface area contributed by atoms with Crippen LogP contribution in [0, 0.1) is 11.3 Å². The molecular weight excluding hydrogens is 264 g/mol. The van der Waals surface area contributed by atoms with Gasteiger partial charge in [0.2, 0.25) is 0 Å². The van der Waals surface area contributed by atoms with Crippen molar-refractivity contribution in [3.8, 4) is 11.8 Å². The summed E-state index contributed by atoms with van der Waals surface area (Å²) >= 11 is 0. The molecule has 1 aliphatic heterocycles. The summed E-state index contributed by atoms with van der Waals surface area (Å²) in [7, 11) is 0. The van der Waals surface area contributed by atoms with Gasteiger partial charge in [-0.05, 0) is 45.2 Å². The third-order valence-electron chi connectivity index (χ3n) is 3.60. The number of nitriles is 1. The van der Waals surface area contributed by atoms with E-state index in [1.807, 2.05) is 18.2 Å². The summed E-state index contributed by atoms with van der Waals surface area (Å²) in [4.78, 5) is 0. The largest absolute Gasteiger partial charge is 0.493 e. The van der Waals surface area contributed by atoms with Crippen molar-refractivity contribution in [1.82, 2.24) is 0 Å². The molecule has 1 saturated heterocycles. The first kappa shape index (κ1) is 15.7. The van der Waals surface area contributed by atoms with Crippen LogP contribution in [0.5, 0.6) is 5.75 Å². The first-order valence-corrected chi connectivity index (χ1v) is 7.59. The molecule has 4 heteroatoms.